The van der Waals surface area contributed by atoms with Crippen LogP contribution in [-0.2, 0) is 14.8 Å². The first-order valence-electron chi connectivity index (χ1n) is 8.56. The van der Waals surface area contributed by atoms with Crippen LogP contribution in [0.15, 0.2) is 28.5 Å². The van der Waals surface area contributed by atoms with Crippen molar-refractivity contribution in [3.63, 3.8) is 0 Å². The summed E-state index contributed by atoms with van der Waals surface area (Å²) in [5, 5.41) is 4.05. The van der Waals surface area contributed by atoms with Gasteiger partial charge in [0.05, 0.1) is 6.61 Å². The summed E-state index contributed by atoms with van der Waals surface area (Å²) in [4.78, 5) is 27.5. The molecule has 1 amide bonds. The van der Waals surface area contributed by atoms with E-state index in [0.717, 1.165) is 23.5 Å². The van der Waals surface area contributed by atoms with Crippen LogP contribution in [-0.4, -0.2) is 49.3 Å². The van der Waals surface area contributed by atoms with Crippen LogP contribution < -0.4 is 5.32 Å². The van der Waals surface area contributed by atoms with Gasteiger partial charge in [0.15, 0.2) is 10.8 Å². The number of nitrogens with one attached hydrogen (secondary N) is 1. The van der Waals surface area contributed by atoms with Crippen molar-refractivity contribution in [3.8, 4) is 0 Å². The molecular formula is C17H18FN3O5S2. The second-order valence-corrected chi connectivity index (χ2v) is 8.73. The van der Waals surface area contributed by atoms with Gasteiger partial charge in [0.1, 0.15) is 10.7 Å². The summed E-state index contributed by atoms with van der Waals surface area (Å²) in [6.07, 6.45) is 1.43. The number of carbonyl (C=O) groups excluding carboxylic acids is 2. The van der Waals surface area contributed by atoms with E-state index in [1.54, 1.807) is 6.92 Å². The Morgan fingerprint density at radius 3 is 2.71 bits per heavy atom. The molecule has 3 rings (SSSR count). The Hall–Kier alpha value is -2.37. The predicted octanol–water partition coefficient (Wildman–Crippen LogP) is 2.50. The van der Waals surface area contributed by atoms with Crippen molar-refractivity contribution < 1.29 is 27.1 Å². The van der Waals surface area contributed by atoms with E-state index in [4.69, 9.17) is 4.74 Å². The van der Waals surface area contributed by atoms with Crippen LogP contribution in [0, 0.1) is 5.82 Å². The van der Waals surface area contributed by atoms with Crippen molar-refractivity contribution in [2.45, 2.75) is 24.7 Å². The van der Waals surface area contributed by atoms with E-state index in [9.17, 15) is 22.4 Å². The quantitative estimate of drug-likeness (QED) is 0.710. The number of anilines is 1. The topological polar surface area (TPSA) is 106 Å². The molecule has 8 nitrogen and oxygen atoms in total. The van der Waals surface area contributed by atoms with Gasteiger partial charge in [-0.1, -0.05) is 0 Å². The van der Waals surface area contributed by atoms with Gasteiger partial charge < -0.3 is 4.74 Å². The number of hydrogen-bond donors (Lipinski definition) is 1. The molecule has 1 saturated heterocycles. The second kappa shape index (κ2) is 8.33. The average molecular weight is 427 g/mol. The zero-order valence-corrected chi connectivity index (χ0v) is 16.6. The minimum Gasteiger partial charge on any atom is -0.461 e. The first-order valence-corrected chi connectivity index (χ1v) is 10.9. The van der Waals surface area contributed by atoms with Gasteiger partial charge >= 0.3 is 5.97 Å². The number of aromatic nitrogens is 1. The molecule has 2 heterocycles. The first kappa shape index (κ1) is 20.4. The molecule has 1 fully saturated rings. The number of amides is 1. The van der Waals surface area contributed by atoms with Gasteiger partial charge in [-0.2, -0.15) is 4.31 Å². The molecule has 1 aromatic heterocycles. The maximum Gasteiger partial charge on any atom is 0.357 e. The highest BCUT2D eigenvalue weighted by Crippen LogP contribution is 2.25. The van der Waals surface area contributed by atoms with E-state index in [0.29, 0.717) is 25.9 Å². The Morgan fingerprint density at radius 2 is 2.04 bits per heavy atom. The molecule has 150 valence electrons. The third kappa shape index (κ3) is 4.21. The summed E-state index contributed by atoms with van der Waals surface area (Å²) in [5.41, 5.74) is 0.0191. The minimum absolute atomic E-state index is 0.0351. The fourth-order valence-electron chi connectivity index (χ4n) is 2.71. The van der Waals surface area contributed by atoms with Gasteiger partial charge in [-0.3, -0.25) is 10.1 Å². The SMILES string of the molecule is CCOC(=O)c1csc(NC(=O)c2ccc(F)c(S(=O)(=O)N3CCCC3)c2)n1. The van der Waals surface area contributed by atoms with Gasteiger partial charge in [-0.05, 0) is 38.0 Å². The average Bonchev–Trinajstić information content (AvgIpc) is 3.34. The number of hydrogen-bond acceptors (Lipinski definition) is 7. The zero-order valence-electron chi connectivity index (χ0n) is 15.0. The molecule has 1 aliphatic rings. The van der Waals surface area contributed by atoms with Crippen molar-refractivity contribution in [2.75, 3.05) is 25.0 Å². The molecule has 28 heavy (non-hydrogen) atoms. The van der Waals surface area contributed by atoms with Gasteiger partial charge in [-0.15, -0.1) is 11.3 Å². The number of carbonyl (C=O) groups is 2. The highest BCUT2D eigenvalue weighted by molar-refractivity contribution is 7.89. The summed E-state index contributed by atoms with van der Waals surface area (Å²) in [6.45, 7) is 2.51. The number of halogens is 1. The second-order valence-electron chi connectivity index (χ2n) is 5.97. The fraction of sp³-hybridized carbons (Fsp3) is 0.353. The standard InChI is InChI=1S/C17H18FN3O5S2/c1-2-26-16(23)13-10-27-17(19-13)20-15(22)11-5-6-12(18)14(9-11)28(24,25)21-7-3-4-8-21/h5-6,9-10H,2-4,7-8H2,1H3,(H,19,20,22). The molecule has 1 aromatic carbocycles. The summed E-state index contributed by atoms with van der Waals surface area (Å²) in [6, 6.07) is 3.15. The van der Waals surface area contributed by atoms with Gasteiger partial charge in [0.25, 0.3) is 5.91 Å². The molecule has 1 N–H and O–H groups in total. The monoisotopic (exact) mass is 427 g/mol. The van der Waals surface area contributed by atoms with Gasteiger partial charge in [-0.25, -0.2) is 22.6 Å². The number of rotatable bonds is 6. The van der Waals surface area contributed by atoms with Crippen LogP contribution in [0.1, 0.15) is 40.6 Å². The predicted molar refractivity (Wildman–Crippen MR) is 100 cm³/mol. The summed E-state index contributed by atoms with van der Waals surface area (Å²) in [5.74, 6) is -2.19. The summed E-state index contributed by atoms with van der Waals surface area (Å²) >= 11 is 1.02. The van der Waals surface area contributed by atoms with Crippen molar-refractivity contribution >= 4 is 38.4 Å². The molecule has 0 spiro atoms. The number of nitrogens with zero attached hydrogens (tertiary/aromatic N) is 2. The first-order chi connectivity index (χ1) is 13.3. The molecule has 0 atom stereocenters. The number of esters is 1. The highest BCUT2D eigenvalue weighted by Gasteiger charge is 2.30. The molecule has 11 heteroatoms. The smallest absolute Gasteiger partial charge is 0.357 e. The van der Waals surface area contributed by atoms with Crippen LogP contribution in [0.5, 0.6) is 0 Å². The Kier molecular flexibility index (Phi) is 6.06. The lowest BCUT2D eigenvalue weighted by atomic mass is 10.2. The maximum atomic E-state index is 14.2. The van der Waals surface area contributed by atoms with Crippen molar-refractivity contribution in [1.29, 1.82) is 0 Å². The third-order valence-electron chi connectivity index (χ3n) is 4.09. The molecule has 0 saturated carbocycles. The number of thiazole rings is 1. The maximum absolute atomic E-state index is 14.2. The van der Waals surface area contributed by atoms with E-state index >= 15 is 0 Å². The van der Waals surface area contributed by atoms with Gasteiger partial charge in [0.2, 0.25) is 10.0 Å². The van der Waals surface area contributed by atoms with E-state index in [-0.39, 0.29) is 23.0 Å². The number of benzene rings is 1. The van der Waals surface area contributed by atoms with Crippen molar-refractivity contribution in [1.82, 2.24) is 9.29 Å². The molecule has 0 aliphatic carbocycles. The lowest BCUT2D eigenvalue weighted by molar-refractivity contribution is 0.0520. The fourth-order valence-corrected chi connectivity index (χ4v) is 4.99. The molecule has 0 unspecified atom stereocenters. The van der Waals surface area contributed by atoms with E-state index in [1.165, 1.54) is 15.8 Å². The molecule has 0 bridgehead atoms. The summed E-state index contributed by atoms with van der Waals surface area (Å²) < 4.78 is 45.4. The Bertz CT molecular complexity index is 1000. The Balaban J connectivity index is 1.80. The van der Waals surface area contributed by atoms with E-state index < -0.39 is 32.6 Å². The Morgan fingerprint density at radius 1 is 1.32 bits per heavy atom. The van der Waals surface area contributed by atoms with E-state index in [1.807, 2.05) is 0 Å². The van der Waals surface area contributed by atoms with Crippen LogP contribution in [0.25, 0.3) is 0 Å². The van der Waals surface area contributed by atoms with Crippen LogP contribution >= 0.6 is 11.3 Å². The third-order valence-corrected chi connectivity index (χ3v) is 6.76. The number of ether oxygens (including phenoxy) is 1. The van der Waals surface area contributed by atoms with Crippen LogP contribution in [0.2, 0.25) is 0 Å². The summed E-state index contributed by atoms with van der Waals surface area (Å²) in [7, 11) is -4.01. The van der Waals surface area contributed by atoms with E-state index in [2.05, 4.69) is 10.3 Å². The normalized spacial score (nSPS) is 14.8. The van der Waals surface area contributed by atoms with Crippen molar-refractivity contribution in [3.05, 3.63) is 40.7 Å². The molecule has 0 radical (unpaired) electrons. The number of sulfonamides is 1. The largest absolute Gasteiger partial charge is 0.461 e. The van der Waals surface area contributed by atoms with Gasteiger partial charge in [0, 0.05) is 24.0 Å². The van der Waals surface area contributed by atoms with Crippen LogP contribution in [0.4, 0.5) is 9.52 Å². The highest BCUT2D eigenvalue weighted by atomic mass is 32.2. The Labute approximate surface area is 165 Å². The van der Waals surface area contributed by atoms with Crippen LogP contribution in [0.3, 0.4) is 0 Å². The molecule has 2 aromatic rings. The van der Waals surface area contributed by atoms with Crippen molar-refractivity contribution in [2.24, 2.45) is 0 Å². The lowest BCUT2D eigenvalue weighted by Gasteiger charge is -2.16. The minimum atomic E-state index is -4.01. The molecule has 1 aliphatic heterocycles. The zero-order chi connectivity index (χ0) is 20.3. The lowest BCUT2D eigenvalue weighted by Crippen LogP contribution is -2.29. The molecular weight excluding hydrogens is 409 g/mol.